The Morgan fingerprint density at radius 1 is 0.412 bits per heavy atom. The molecule has 0 saturated heterocycles. The van der Waals surface area contributed by atoms with Crippen LogP contribution in [-0.2, 0) is 0 Å². The van der Waals surface area contributed by atoms with Crippen LogP contribution in [0.5, 0.6) is 0 Å². The Morgan fingerprint density at radius 2 is 0.647 bits per heavy atom. The van der Waals surface area contributed by atoms with Gasteiger partial charge >= 0.3 is 0 Å². The van der Waals surface area contributed by atoms with Crippen LogP contribution in [0.4, 0.5) is 0 Å². The van der Waals surface area contributed by atoms with Crippen molar-refractivity contribution in [2.45, 2.75) is 85.5 Å². The molecule has 98 valence electrons. The molecule has 17 heavy (non-hydrogen) atoms. The van der Waals surface area contributed by atoms with Crippen LogP contribution in [0.25, 0.3) is 0 Å². The minimum Gasteiger partial charge on any atom is -0.0744 e. The highest BCUT2D eigenvalue weighted by Gasteiger charge is 2.03. The number of allylic oxidation sites excluding steroid dienone is 4. The minimum atomic E-state index is 1.35. The van der Waals surface area contributed by atoms with Crippen LogP contribution in [0, 0.1) is 0 Å². The van der Waals surface area contributed by atoms with Crippen molar-refractivity contribution in [2.24, 2.45) is 0 Å². The quantitative estimate of drug-likeness (QED) is 0.439. The monoisotopic (exact) mass is 234 g/mol. The van der Waals surface area contributed by atoms with E-state index in [2.05, 4.69) is 27.7 Å². The summed E-state index contributed by atoms with van der Waals surface area (Å²) in [6, 6.07) is 0. The highest BCUT2D eigenvalue weighted by atomic mass is 14.1. The molecule has 0 atom stereocenters. The molecule has 0 heterocycles. The third-order valence-electron chi connectivity index (χ3n) is 4.41. The fraction of sp³-hybridized carbons (Fsp3) is 0.765. The zero-order chi connectivity index (χ0) is 12.7. The first kappa shape index (κ1) is 14.5. The molecular weight excluding hydrogens is 204 g/mol. The van der Waals surface area contributed by atoms with Gasteiger partial charge in [0.2, 0.25) is 0 Å². The van der Waals surface area contributed by atoms with Crippen LogP contribution >= 0.6 is 0 Å². The fourth-order valence-electron chi connectivity index (χ4n) is 2.59. The van der Waals surface area contributed by atoms with Crippen molar-refractivity contribution < 1.29 is 0 Å². The van der Waals surface area contributed by atoms with Gasteiger partial charge in [0.1, 0.15) is 0 Å². The Balaban J connectivity index is 0.000000171. The molecule has 0 amide bonds. The van der Waals surface area contributed by atoms with Gasteiger partial charge in [-0.25, -0.2) is 0 Å². The van der Waals surface area contributed by atoms with E-state index in [1.54, 1.807) is 22.3 Å². The first-order valence-corrected chi connectivity index (χ1v) is 7.41. The first-order valence-electron chi connectivity index (χ1n) is 7.41. The van der Waals surface area contributed by atoms with Gasteiger partial charge in [0, 0.05) is 0 Å². The maximum absolute atomic E-state index is 2.28. The van der Waals surface area contributed by atoms with E-state index in [-0.39, 0.29) is 0 Å². The first-order chi connectivity index (χ1) is 8.11. The molecule has 2 rings (SSSR count). The van der Waals surface area contributed by atoms with Gasteiger partial charge in [0.15, 0.2) is 0 Å². The molecule has 0 radical (unpaired) electrons. The Hall–Kier alpha value is -0.520. The lowest BCUT2D eigenvalue weighted by Crippen LogP contribution is -1.92. The Bertz CT molecular complexity index is 263. The van der Waals surface area contributed by atoms with Gasteiger partial charge in [-0.3, -0.25) is 0 Å². The molecule has 0 heteroatoms. The predicted molar refractivity (Wildman–Crippen MR) is 78.3 cm³/mol. The predicted octanol–water partition coefficient (Wildman–Crippen LogP) is 6.18. The van der Waals surface area contributed by atoms with E-state index in [4.69, 9.17) is 0 Å². The topological polar surface area (TPSA) is 0 Å². The summed E-state index contributed by atoms with van der Waals surface area (Å²) in [7, 11) is 0. The molecule has 2 aliphatic rings. The van der Waals surface area contributed by atoms with E-state index in [1.165, 1.54) is 57.8 Å². The summed E-state index contributed by atoms with van der Waals surface area (Å²) in [5, 5.41) is 0. The van der Waals surface area contributed by atoms with Gasteiger partial charge in [-0.15, -0.1) is 0 Å². The average Bonchev–Trinajstić information content (AvgIpc) is 2.50. The van der Waals surface area contributed by atoms with Crippen molar-refractivity contribution in [3.8, 4) is 0 Å². The number of hydrogen-bond acceptors (Lipinski definition) is 0. The largest absolute Gasteiger partial charge is 0.0744 e. The van der Waals surface area contributed by atoms with E-state index in [9.17, 15) is 0 Å². The van der Waals surface area contributed by atoms with Crippen molar-refractivity contribution in [1.29, 1.82) is 0 Å². The van der Waals surface area contributed by atoms with Crippen LogP contribution in [-0.4, -0.2) is 0 Å². The molecular formula is C17H30. The second-order valence-electron chi connectivity index (χ2n) is 5.89. The maximum atomic E-state index is 2.28. The third kappa shape index (κ3) is 5.57. The standard InChI is InChI=1S/C9H16.C8H14/c1-8-6-4-3-5-7-9(8)2;1-7-5-3-4-6-8(7)2/h3-7H2,1-2H3;3-6H2,1-2H3. The highest BCUT2D eigenvalue weighted by Crippen LogP contribution is 2.23. The lowest BCUT2D eigenvalue weighted by molar-refractivity contribution is 0.672. The summed E-state index contributed by atoms with van der Waals surface area (Å²) in [4.78, 5) is 0. The molecule has 0 aliphatic heterocycles. The molecule has 0 N–H and O–H groups in total. The van der Waals surface area contributed by atoms with Crippen LogP contribution in [0.1, 0.15) is 85.5 Å². The zero-order valence-electron chi connectivity index (χ0n) is 12.4. The van der Waals surface area contributed by atoms with Gasteiger partial charge in [-0.1, -0.05) is 28.7 Å². The fourth-order valence-corrected chi connectivity index (χ4v) is 2.59. The Labute approximate surface area is 108 Å². The zero-order valence-corrected chi connectivity index (χ0v) is 12.4. The van der Waals surface area contributed by atoms with Gasteiger partial charge < -0.3 is 0 Å². The summed E-state index contributed by atoms with van der Waals surface area (Å²) in [6.45, 7) is 9.07. The van der Waals surface area contributed by atoms with E-state index < -0.39 is 0 Å². The second-order valence-corrected chi connectivity index (χ2v) is 5.89. The summed E-state index contributed by atoms with van der Waals surface area (Å²) < 4.78 is 0. The van der Waals surface area contributed by atoms with Crippen molar-refractivity contribution >= 4 is 0 Å². The molecule has 0 aromatic rings. The molecule has 0 fully saturated rings. The Kier molecular flexibility index (Phi) is 6.62. The summed E-state index contributed by atoms with van der Waals surface area (Å²) in [5.41, 5.74) is 6.56. The van der Waals surface area contributed by atoms with Gasteiger partial charge in [-0.2, -0.15) is 0 Å². The smallest absolute Gasteiger partial charge is 0.0320 e. The van der Waals surface area contributed by atoms with Crippen LogP contribution in [0.3, 0.4) is 0 Å². The summed E-state index contributed by atoms with van der Waals surface area (Å²) >= 11 is 0. The Morgan fingerprint density at radius 3 is 0.941 bits per heavy atom. The van der Waals surface area contributed by atoms with Crippen LogP contribution in [0.15, 0.2) is 22.3 Å². The summed E-state index contributed by atoms with van der Waals surface area (Å²) in [5.74, 6) is 0. The lowest BCUT2D eigenvalue weighted by atomic mass is 9.94. The van der Waals surface area contributed by atoms with Crippen molar-refractivity contribution in [3.63, 3.8) is 0 Å². The molecule has 0 spiro atoms. The SMILES string of the molecule is CC1=C(C)CCCC1.CC1=C(C)CCCCC1. The average molecular weight is 234 g/mol. The third-order valence-corrected chi connectivity index (χ3v) is 4.41. The molecule has 0 bridgehead atoms. The molecule has 2 aliphatic carbocycles. The molecule has 0 nitrogen and oxygen atoms in total. The minimum absolute atomic E-state index is 1.35. The summed E-state index contributed by atoms with van der Waals surface area (Å²) in [6.07, 6.45) is 12.5. The van der Waals surface area contributed by atoms with Crippen LogP contribution in [0.2, 0.25) is 0 Å². The molecule has 0 unspecified atom stereocenters. The van der Waals surface area contributed by atoms with Gasteiger partial charge in [0.05, 0.1) is 0 Å². The highest BCUT2D eigenvalue weighted by molar-refractivity contribution is 5.11. The lowest BCUT2D eigenvalue weighted by Gasteiger charge is -2.12. The number of rotatable bonds is 0. The van der Waals surface area contributed by atoms with E-state index in [0.717, 1.165) is 0 Å². The van der Waals surface area contributed by atoms with Crippen molar-refractivity contribution in [1.82, 2.24) is 0 Å². The maximum Gasteiger partial charge on any atom is -0.0320 e. The van der Waals surface area contributed by atoms with E-state index in [0.29, 0.717) is 0 Å². The molecule has 0 saturated carbocycles. The van der Waals surface area contributed by atoms with Gasteiger partial charge in [-0.05, 0) is 79.1 Å². The van der Waals surface area contributed by atoms with Crippen molar-refractivity contribution in [3.05, 3.63) is 22.3 Å². The van der Waals surface area contributed by atoms with Gasteiger partial charge in [0.25, 0.3) is 0 Å². The van der Waals surface area contributed by atoms with E-state index >= 15 is 0 Å². The second kappa shape index (κ2) is 7.74. The van der Waals surface area contributed by atoms with Crippen LogP contribution < -0.4 is 0 Å². The van der Waals surface area contributed by atoms with E-state index in [1.807, 2.05) is 0 Å². The van der Waals surface area contributed by atoms with Crippen molar-refractivity contribution in [2.75, 3.05) is 0 Å². The number of hydrogen-bond donors (Lipinski definition) is 0. The normalized spacial score (nSPS) is 21.9. The molecule has 0 aromatic carbocycles. The molecule has 0 aromatic heterocycles.